The van der Waals surface area contributed by atoms with Crippen LogP contribution in [0.5, 0.6) is 0 Å². The Morgan fingerprint density at radius 1 is 1.40 bits per heavy atom. The molecule has 0 saturated carbocycles. The first-order valence-electron chi connectivity index (χ1n) is 5.69. The smallest absolute Gasteiger partial charge is 0.325 e. The molecule has 1 fully saturated rings. The van der Waals surface area contributed by atoms with E-state index in [1.807, 2.05) is 0 Å². The fourth-order valence-corrected chi connectivity index (χ4v) is 2.59. The molecule has 8 heteroatoms. The summed E-state index contributed by atoms with van der Waals surface area (Å²) >= 11 is 1.39. The summed E-state index contributed by atoms with van der Waals surface area (Å²) in [5, 5.41) is 2.36. The molecule has 1 aromatic carbocycles. The maximum atomic E-state index is 12.5. The molecule has 1 aliphatic heterocycles. The van der Waals surface area contributed by atoms with E-state index in [0.717, 1.165) is 12.1 Å². The van der Waals surface area contributed by atoms with Crippen molar-refractivity contribution in [2.75, 3.05) is 23.5 Å². The maximum Gasteiger partial charge on any atom is 0.416 e. The molecule has 108 valence electrons. The Morgan fingerprint density at radius 3 is 2.75 bits per heavy atom. The minimum absolute atomic E-state index is 0.0594. The zero-order chi connectivity index (χ0) is 14.8. The highest BCUT2D eigenvalue weighted by atomic mass is 32.2. The normalized spacial score (nSPS) is 15.6. The number of benzene rings is 1. The van der Waals surface area contributed by atoms with Crippen molar-refractivity contribution in [3.8, 4) is 0 Å². The lowest BCUT2D eigenvalue weighted by molar-refractivity contribution is -0.137. The van der Waals surface area contributed by atoms with Crippen LogP contribution < -0.4 is 5.32 Å². The Bertz CT molecular complexity index is 534. The summed E-state index contributed by atoms with van der Waals surface area (Å²) < 4.78 is 37.5. The van der Waals surface area contributed by atoms with Crippen molar-refractivity contribution in [1.29, 1.82) is 0 Å². The number of carbonyl (C=O) groups excluding carboxylic acids is 2. The van der Waals surface area contributed by atoms with Crippen molar-refractivity contribution in [1.82, 2.24) is 4.90 Å². The summed E-state index contributed by atoms with van der Waals surface area (Å²) in [7, 11) is 0. The Hall–Kier alpha value is -1.70. The van der Waals surface area contributed by atoms with Crippen molar-refractivity contribution in [2.45, 2.75) is 6.18 Å². The minimum atomic E-state index is -4.46. The van der Waals surface area contributed by atoms with E-state index in [9.17, 15) is 22.8 Å². The molecule has 1 saturated heterocycles. The van der Waals surface area contributed by atoms with Gasteiger partial charge in [0.25, 0.3) is 0 Å². The highest BCUT2D eigenvalue weighted by molar-refractivity contribution is 8.00. The number of nitrogens with one attached hydrogen (secondary N) is 1. The van der Waals surface area contributed by atoms with Crippen LogP contribution in [0, 0.1) is 0 Å². The van der Waals surface area contributed by atoms with Gasteiger partial charge in [-0.1, -0.05) is 6.07 Å². The molecular formula is C12H11F3N2O2S. The first-order valence-corrected chi connectivity index (χ1v) is 6.84. The molecule has 0 aliphatic carbocycles. The SMILES string of the molecule is O=C(CN1CSCC1=O)Nc1cccc(C(F)(F)F)c1. The van der Waals surface area contributed by atoms with Crippen molar-refractivity contribution < 1.29 is 22.8 Å². The highest BCUT2D eigenvalue weighted by Gasteiger charge is 2.30. The highest BCUT2D eigenvalue weighted by Crippen LogP contribution is 2.30. The van der Waals surface area contributed by atoms with E-state index in [-0.39, 0.29) is 18.1 Å². The monoisotopic (exact) mass is 304 g/mol. The predicted octanol–water partition coefficient (Wildman–Crippen LogP) is 2.18. The molecule has 1 heterocycles. The second-order valence-corrected chi connectivity index (χ2v) is 5.15. The summed E-state index contributed by atoms with van der Waals surface area (Å²) in [6, 6.07) is 4.37. The maximum absolute atomic E-state index is 12.5. The van der Waals surface area contributed by atoms with Crippen LogP contribution in [-0.4, -0.2) is 34.9 Å². The summed E-state index contributed by atoms with van der Waals surface area (Å²) in [5.74, 6) is 0.0976. The van der Waals surface area contributed by atoms with Gasteiger partial charge in [-0.05, 0) is 18.2 Å². The van der Waals surface area contributed by atoms with Gasteiger partial charge >= 0.3 is 6.18 Å². The molecule has 20 heavy (non-hydrogen) atoms. The van der Waals surface area contributed by atoms with Crippen molar-refractivity contribution in [3.63, 3.8) is 0 Å². The van der Waals surface area contributed by atoms with Gasteiger partial charge in [0.2, 0.25) is 11.8 Å². The third-order valence-corrected chi connectivity index (χ3v) is 3.58. The molecule has 0 aromatic heterocycles. The fraction of sp³-hybridized carbons (Fsp3) is 0.333. The quantitative estimate of drug-likeness (QED) is 0.931. The standard InChI is InChI=1S/C12H11F3N2O2S/c13-12(14,15)8-2-1-3-9(4-8)16-10(18)5-17-7-20-6-11(17)19/h1-4H,5-7H2,(H,16,18). The lowest BCUT2D eigenvalue weighted by Gasteiger charge is -2.15. The van der Waals surface area contributed by atoms with Gasteiger partial charge in [-0.2, -0.15) is 13.2 Å². The zero-order valence-electron chi connectivity index (χ0n) is 10.2. The minimum Gasteiger partial charge on any atom is -0.325 e. The number of thioether (sulfide) groups is 1. The van der Waals surface area contributed by atoms with Crippen molar-refractivity contribution in [3.05, 3.63) is 29.8 Å². The number of nitrogens with zero attached hydrogens (tertiary/aromatic N) is 1. The average Bonchev–Trinajstić information content (AvgIpc) is 2.74. The summed E-state index contributed by atoms with van der Waals surface area (Å²) in [6.45, 7) is -0.151. The van der Waals surface area contributed by atoms with Gasteiger partial charge in [0.15, 0.2) is 0 Å². The fourth-order valence-electron chi connectivity index (χ4n) is 1.69. The number of rotatable bonds is 3. The Kier molecular flexibility index (Phi) is 4.22. The summed E-state index contributed by atoms with van der Waals surface area (Å²) in [6.07, 6.45) is -4.46. The van der Waals surface area contributed by atoms with E-state index in [4.69, 9.17) is 0 Å². The van der Waals surface area contributed by atoms with Crippen LogP contribution in [0.15, 0.2) is 24.3 Å². The zero-order valence-corrected chi connectivity index (χ0v) is 11.1. The number of hydrogen-bond donors (Lipinski definition) is 1. The lowest BCUT2D eigenvalue weighted by Crippen LogP contribution is -2.34. The first-order chi connectivity index (χ1) is 9.36. The van der Waals surface area contributed by atoms with Gasteiger partial charge in [0, 0.05) is 5.69 Å². The van der Waals surface area contributed by atoms with Crippen LogP contribution >= 0.6 is 11.8 Å². The van der Waals surface area contributed by atoms with Gasteiger partial charge in [0.1, 0.15) is 6.54 Å². The topological polar surface area (TPSA) is 49.4 Å². The molecule has 1 N–H and O–H groups in total. The van der Waals surface area contributed by atoms with E-state index in [0.29, 0.717) is 11.6 Å². The molecule has 1 aromatic rings. The second kappa shape index (κ2) is 5.74. The molecule has 2 amide bonds. The van der Waals surface area contributed by atoms with Gasteiger partial charge < -0.3 is 10.2 Å². The van der Waals surface area contributed by atoms with Crippen LogP contribution in [0.2, 0.25) is 0 Å². The van der Waals surface area contributed by atoms with E-state index in [1.165, 1.54) is 28.8 Å². The van der Waals surface area contributed by atoms with E-state index >= 15 is 0 Å². The van der Waals surface area contributed by atoms with Gasteiger partial charge in [-0.3, -0.25) is 9.59 Å². The number of halogens is 3. The third-order valence-electron chi connectivity index (χ3n) is 2.63. The first kappa shape index (κ1) is 14.7. The molecule has 0 unspecified atom stereocenters. The summed E-state index contributed by atoms with van der Waals surface area (Å²) in [5.41, 5.74) is -0.771. The van der Waals surface area contributed by atoms with Gasteiger partial charge in [-0.25, -0.2) is 0 Å². The molecule has 2 rings (SSSR count). The predicted molar refractivity (Wildman–Crippen MR) is 69.1 cm³/mol. The molecule has 1 aliphatic rings. The summed E-state index contributed by atoms with van der Waals surface area (Å²) in [4.78, 5) is 24.4. The molecular weight excluding hydrogens is 293 g/mol. The van der Waals surface area contributed by atoms with E-state index in [2.05, 4.69) is 5.32 Å². The second-order valence-electron chi connectivity index (χ2n) is 4.20. The van der Waals surface area contributed by atoms with Crippen LogP contribution in [-0.2, 0) is 15.8 Å². The Balaban J connectivity index is 1.99. The van der Waals surface area contributed by atoms with Crippen LogP contribution in [0.1, 0.15) is 5.56 Å². The molecule has 0 atom stereocenters. The van der Waals surface area contributed by atoms with E-state index < -0.39 is 17.6 Å². The van der Waals surface area contributed by atoms with Gasteiger partial charge in [-0.15, -0.1) is 11.8 Å². The Labute approximate surface area is 117 Å². The number of alkyl halides is 3. The van der Waals surface area contributed by atoms with Crippen molar-refractivity contribution in [2.24, 2.45) is 0 Å². The van der Waals surface area contributed by atoms with Gasteiger partial charge in [0.05, 0.1) is 17.2 Å². The van der Waals surface area contributed by atoms with Crippen LogP contribution in [0.25, 0.3) is 0 Å². The van der Waals surface area contributed by atoms with Crippen LogP contribution in [0.3, 0.4) is 0 Å². The van der Waals surface area contributed by atoms with Crippen LogP contribution in [0.4, 0.5) is 18.9 Å². The number of carbonyl (C=O) groups is 2. The Morgan fingerprint density at radius 2 is 2.15 bits per heavy atom. The molecule has 0 bridgehead atoms. The lowest BCUT2D eigenvalue weighted by atomic mass is 10.2. The molecule has 4 nitrogen and oxygen atoms in total. The average molecular weight is 304 g/mol. The largest absolute Gasteiger partial charge is 0.416 e. The molecule has 0 radical (unpaired) electrons. The van der Waals surface area contributed by atoms with E-state index in [1.54, 1.807) is 0 Å². The third kappa shape index (κ3) is 3.66. The number of hydrogen-bond acceptors (Lipinski definition) is 3. The number of amides is 2. The number of anilines is 1. The molecule has 0 spiro atoms. The van der Waals surface area contributed by atoms with Crippen molar-refractivity contribution >= 4 is 29.3 Å².